The summed E-state index contributed by atoms with van der Waals surface area (Å²) >= 11 is 0. The zero-order valence-electron chi connectivity index (χ0n) is 52.6. The van der Waals surface area contributed by atoms with Gasteiger partial charge in [-0.2, -0.15) is 0 Å². The van der Waals surface area contributed by atoms with E-state index in [1.54, 1.807) is 0 Å². The van der Waals surface area contributed by atoms with Crippen LogP contribution in [0, 0.1) is 0 Å². The Morgan fingerprint density at radius 2 is 0.490 bits per heavy atom. The van der Waals surface area contributed by atoms with E-state index in [1.807, 2.05) is 36.5 Å². The van der Waals surface area contributed by atoms with Crippen LogP contribution in [-0.4, -0.2) is 19.9 Å². The number of aromatic nitrogens is 4. The second-order valence-electron chi connectivity index (χ2n) is 24.1. The molecule has 0 bridgehead atoms. The van der Waals surface area contributed by atoms with Crippen LogP contribution in [-0.2, 0) is 0 Å². The fourth-order valence-electron chi connectivity index (χ4n) is 12.9. The monoisotopic (exact) mass is 1220 g/mol. The van der Waals surface area contributed by atoms with Crippen molar-refractivity contribution in [2.45, 2.75) is 0 Å². The molecule has 0 amide bonds. The molecule has 450 valence electrons. The SMILES string of the molecule is c1ccc(-c2ccc(-c3ccc4nc(-c5ccc(-c6ccccc6)cc5)cc(-c5ccc(-c6ccccn6)cc5)c4c3)cc2)cc1.c1ccc(-c2ccc(-c3ccc4nc(-c5ccc(-c6ccccc6)cc5)cc(-c5cccc(-c6ccc7ccccc7n6)c5)c4c3)cc2)cc1. The molecule has 0 aliphatic carbocycles. The van der Waals surface area contributed by atoms with Gasteiger partial charge in [-0.3, -0.25) is 4.98 Å². The summed E-state index contributed by atoms with van der Waals surface area (Å²) in [4.78, 5) is 20.0. The maximum absolute atomic E-state index is 5.23. The average Bonchev–Trinajstić information content (AvgIpc) is 0.797. The fraction of sp³-hybridized carbons (Fsp3) is 0. The van der Waals surface area contributed by atoms with Crippen molar-refractivity contribution in [3.63, 3.8) is 0 Å². The normalized spacial score (nSPS) is 11.1. The smallest absolute Gasteiger partial charge is 0.0716 e. The summed E-state index contributed by atoms with van der Waals surface area (Å²) < 4.78 is 0. The highest BCUT2D eigenvalue weighted by atomic mass is 14.7. The molecule has 0 atom stereocenters. The van der Waals surface area contributed by atoms with Gasteiger partial charge in [0.1, 0.15) is 0 Å². The van der Waals surface area contributed by atoms with Gasteiger partial charge >= 0.3 is 0 Å². The number of para-hydroxylation sites is 1. The van der Waals surface area contributed by atoms with Crippen LogP contribution in [0.15, 0.2) is 376 Å². The average molecular weight is 1220 g/mol. The molecule has 17 rings (SSSR count). The van der Waals surface area contributed by atoms with E-state index < -0.39 is 0 Å². The van der Waals surface area contributed by atoms with Gasteiger partial charge in [0.25, 0.3) is 0 Å². The van der Waals surface area contributed by atoms with Gasteiger partial charge in [0, 0.05) is 44.6 Å². The Hall–Kier alpha value is -12.8. The molecule has 4 heterocycles. The maximum Gasteiger partial charge on any atom is 0.0716 e. The molecule has 4 aromatic heterocycles. The largest absolute Gasteiger partial charge is 0.256 e. The standard InChI is InChI=1S/C48H32N2.C44H30N2/c1-3-10-33(11-4-1)35-18-20-37(21-19-35)40-27-29-47-44(31-40)43(32-48(50-47)39-24-22-36(23-25-39)34-12-5-2-6-13-34)41-15-9-16-42(30-41)46-28-26-38-14-7-8-17-45(38)49-46;1-3-9-31(10-4-1)33-14-16-35(17-15-33)39-26-27-43-41(29-39)40(36-20-24-37(25-21-36)42-13-7-8-28-45-42)30-44(46-43)38-22-18-34(19-23-38)32-11-5-2-6-12-32/h1-32H;1-30H. The van der Waals surface area contributed by atoms with Gasteiger partial charge in [-0.1, -0.05) is 303 Å². The minimum absolute atomic E-state index is 0.946. The first-order valence-electron chi connectivity index (χ1n) is 32.6. The first-order valence-corrected chi connectivity index (χ1v) is 32.6. The number of hydrogen-bond acceptors (Lipinski definition) is 4. The quantitative estimate of drug-likeness (QED) is 0.122. The molecular weight excluding hydrogens is 1160 g/mol. The Kier molecular flexibility index (Phi) is 16.1. The Balaban J connectivity index is 0.000000152. The third-order valence-corrected chi connectivity index (χ3v) is 18.1. The van der Waals surface area contributed by atoms with E-state index in [2.05, 4.69) is 345 Å². The molecular formula is C92H62N4. The second-order valence-corrected chi connectivity index (χ2v) is 24.1. The van der Waals surface area contributed by atoms with E-state index in [0.29, 0.717) is 0 Å². The fourth-order valence-corrected chi connectivity index (χ4v) is 12.9. The van der Waals surface area contributed by atoms with Gasteiger partial charge in [0.2, 0.25) is 0 Å². The molecule has 0 spiro atoms. The van der Waals surface area contributed by atoms with Crippen molar-refractivity contribution in [2.24, 2.45) is 0 Å². The van der Waals surface area contributed by atoms with Gasteiger partial charge in [-0.15, -0.1) is 0 Å². The molecule has 96 heavy (non-hydrogen) atoms. The van der Waals surface area contributed by atoms with Crippen molar-refractivity contribution in [3.05, 3.63) is 376 Å². The molecule has 0 radical (unpaired) electrons. The summed E-state index contributed by atoms with van der Waals surface area (Å²) in [6.45, 7) is 0. The van der Waals surface area contributed by atoms with Crippen molar-refractivity contribution in [1.82, 2.24) is 19.9 Å². The highest BCUT2D eigenvalue weighted by Crippen LogP contribution is 2.40. The first kappa shape index (κ1) is 58.3. The van der Waals surface area contributed by atoms with Crippen molar-refractivity contribution >= 4 is 32.7 Å². The Morgan fingerprint density at radius 1 is 0.156 bits per heavy atom. The molecule has 13 aromatic carbocycles. The molecule has 0 aliphatic heterocycles. The van der Waals surface area contributed by atoms with Gasteiger partial charge in [0.15, 0.2) is 0 Å². The molecule has 0 saturated heterocycles. The van der Waals surface area contributed by atoms with Crippen LogP contribution in [0.4, 0.5) is 0 Å². The lowest BCUT2D eigenvalue weighted by Crippen LogP contribution is -1.92. The lowest BCUT2D eigenvalue weighted by molar-refractivity contribution is 1.33. The number of nitrogens with zero attached hydrogens (tertiary/aromatic N) is 4. The van der Waals surface area contributed by atoms with Crippen molar-refractivity contribution in [3.8, 4) is 134 Å². The number of pyridine rings is 4. The lowest BCUT2D eigenvalue weighted by atomic mass is 9.93. The van der Waals surface area contributed by atoms with Crippen LogP contribution in [0.1, 0.15) is 0 Å². The van der Waals surface area contributed by atoms with Gasteiger partial charge in [0.05, 0.1) is 39.3 Å². The molecule has 0 aliphatic rings. The predicted octanol–water partition coefficient (Wildman–Crippen LogP) is 24.4. The zero-order chi connectivity index (χ0) is 64.0. The van der Waals surface area contributed by atoms with Crippen LogP contribution >= 0.6 is 0 Å². The summed E-state index contributed by atoms with van der Waals surface area (Å²) in [6.07, 6.45) is 1.84. The summed E-state index contributed by atoms with van der Waals surface area (Å²) in [5.41, 5.74) is 30.0. The summed E-state index contributed by atoms with van der Waals surface area (Å²) in [6, 6.07) is 131. The third kappa shape index (κ3) is 12.4. The van der Waals surface area contributed by atoms with Crippen molar-refractivity contribution in [1.29, 1.82) is 0 Å². The molecule has 0 fully saturated rings. The molecule has 4 nitrogen and oxygen atoms in total. The van der Waals surface area contributed by atoms with Crippen LogP contribution in [0.2, 0.25) is 0 Å². The number of rotatable bonds is 12. The lowest BCUT2D eigenvalue weighted by Gasteiger charge is -2.14. The molecule has 4 heteroatoms. The number of hydrogen-bond donors (Lipinski definition) is 0. The first-order chi connectivity index (χ1) is 47.5. The molecule has 17 aromatic rings. The number of fused-ring (bicyclic) bond motifs is 3. The highest BCUT2D eigenvalue weighted by Gasteiger charge is 2.16. The van der Waals surface area contributed by atoms with Gasteiger partial charge in [-0.25, -0.2) is 15.0 Å². The minimum Gasteiger partial charge on any atom is -0.256 e. The van der Waals surface area contributed by atoms with Gasteiger partial charge < -0.3 is 0 Å². The molecule has 0 unspecified atom stereocenters. The Labute approximate surface area is 559 Å². The van der Waals surface area contributed by atoms with E-state index in [-0.39, 0.29) is 0 Å². The van der Waals surface area contributed by atoms with Crippen LogP contribution < -0.4 is 0 Å². The predicted molar refractivity (Wildman–Crippen MR) is 402 cm³/mol. The summed E-state index contributed by atoms with van der Waals surface area (Å²) in [5, 5.41) is 3.38. The Morgan fingerprint density at radius 3 is 0.938 bits per heavy atom. The minimum atomic E-state index is 0.946. The van der Waals surface area contributed by atoms with E-state index in [0.717, 1.165) is 106 Å². The van der Waals surface area contributed by atoms with Crippen LogP contribution in [0.25, 0.3) is 167 Å². The van der Waals surface area contributed by atoms with Crippen molar-refractivity contribution < 1.29 is 0 Å². The second kappa shape index (κ2) is 26.5. The maximum atomic E-state index is 5.23. The number of benzene rings is 13. The van der Waals surface area contributed by atoms with Gasteiger partial charge in [-0.05, 0) is 156 Å². The van der Waals surface area contributed by atoms with Crippen molar-refractivity contribution in [2.75, 3.05) is 0 Å². The molecule has 0 N–H and O–H groups in total. The Bertz CT molecular complexity index is 5550. The summed E-state index contributed by atoms with van der Waals surface area (Å²) in [7, 11) is 0. The van der Waals surface area contributed by atoms with Crippen LogP contribution in [0.5, 0.6) is 0 Å². The van der Waals surface area contributed by atoms with E-state index in [9.17, 15) is 0 Å². The summed E-state index contributed by atoms with van der Waals surface area (Å²) in [5.74, 6) is 0. The van der Waals surface area contributed by atoms with E-state index in [1.165, 1.54) is 61.2 Å². The zero-order valence-corrected chi connectivity index (χ0v) is 52.6. The third-order valence-electron chi connectivity index (χ3n) is 18.1. The van der Waals surface area contributed by atoms with E-state index in [4.69, 9.17) is 15.0 Å². The van der Waals surface area contributed by atoms with E-state index >= 15 is 0 Å². The molecule has 0 saturated carbocycles. The van der Waals surface area contributed by atoms with Crippen LogP contribution in [0.3, 0.4) is 0 Å². The topological polar surface area (TPSA) is 51.6 Å². The highest BCUT2D eigenvalue weighted by molar-refractivity contribution is 6.01.